The Morgan fingerprint density at radius 2 is 2.10 bits per heavy atom. The third-order valence-electron chi connectivity index (χ3n) is 5.87. The van der Waals surface area contributed by atoms with Crippen molar-refractivity contribution in [3.63, 3.8) is 0 Å². The Bertz CT molecular complexity index is 1090. The number of hydrogen-bond acceptors (Lipinski definition) is 5. The number of nitrogens with one attached hydrogen (secondary N) is 1. The topological polar surface area (TPSA) is 88.8 Å². The summed E-state index contributed by atoms with van der Waals surface area (Å²) in [5, 5.41) is 17.3. The van der Waals surface area contributed by atoms with Crippen molar-refractivity contribution in [2.75, 3.05) is 5.32 Å². The highest BCUT2D eigenvalue weighted by molar-refractivity contribution is 5.93. The largest absolute Gasteiger partial charge is 0.488 e. The lowest BCUT2D eigenvalue weighted by atomic mass is 9.95. The van der Waals surface area contributed by atoms with Crippen molar-refractivity contribution in [1.82, 2.24) is 14.6 Å². The SMILES string of the molecule is Cc1cc(-c2ccn3nc(NC(=O)C4CC4)cc3c2)c(O[C@H]2CCCC(O)C2)cn1. The second-order valence-electron chi connectivity index (χ2n) is 8.46. The fourth-order valence-electron chi connectivity index (χ4n) is 4.07. The van der Waals surface area contributed by atoms with Crippen LogP contribution in [0.3, 0.4) is 0 Å². The first-order chi connectivity index (χ1) is 14.5. The number of pyridine rings is 2. The molecule has 3 aromatic rings. The number of carbonyl (C=O) groups is 1. The summed E-state index contributed by atoms with van der Waals surface area (Å²) < 4.78 is 8.03. The maximum Gasteiger partial charge on any atom is 0.228 e. The average molecular weight is 406 g/mol. The monoisotopic (exact) mass is 406 g/mol. The minimum atomic E-state index is -0.293. The Kier molecular flexibility index (Phi) is 4.90. The number of aliphatic hydroxyl groups excluding tert-OH is 1. The first kappa shape index (κ1) is 19.1. The molecule has 3 heterocycles. The van der Waals surface area contributed by atoms with Crippen LogP contribution in [0.4, 0.5) is 5.82 Å². The second kappa shape index (κ2) is 7.72. The van der Waals surface area contributed by atoms with Gasteiger partial charge in [0.05, 0.1) is 17.8 Å². The number of carbonyl (C=O) groups excluding carboxylic acids is 1. The quantitative estimate of drug-likeness (QED) is 0.674. The zero-order valence-electron chi connectivity index (χ0n) is 17.0. The summed E-state index contributed by atoms with van der Waals surface area (Å²) in [4.78, 5) is 16.5. The summed E-state index contributed by atoms with van der Waals surface area (Å²) in [5.74, 6) is 1.49. The zero-order valence-corrected chi connectivity index (χ0v) is 17.0. The Labute approximate surface area is 175 Å². The minimum absolute atomic E-state index is 0.0000525. The molecule has 30 heavy (non-hydrogen) atoms. The standard InChI is InChI=1S/C23H26N4O3/c1-14-9-20(21(13-24-14)30-19-4-2-3-18(28)12-19)16-7-8-27-17(10-16)11-22(26-27)25-23(29)15-5-6-15/h7-11,13,15,18-19,28H,2-6,12H2,1H3,(H,25,26,29)/t18?,19-/m0/s1. The van der Waals surface area contributed by atoms with Gasteiger partial charge in [0, 0.05) is 35.9 Å². The van der Waals surface area contributed by atoms with E-state index in [9.17, 15) is 9.90 Å². The predicted molar refractivity (Wildman–Crippen MR) is 113 cm³/mol. The zero-order chi connectivity index (χ0) is 20.7. The normalized spacial score (nSPS) is 21.5. The number of aryl methyl sites for hydroxylation is 1. The van der Waals surface area contributed by atoms with Gasteiger partial charge in [-0.3, -0.25) is 9.78 Å². The van der Waals surface area contributed by atoms with Crippen molar-refractivity contribution in [2.45, 2.75) is 57.7 Å². The summed E-state index contributed by atoms with van der Waals surface area (Å²) in [6, 6.07) is 7.93. The smallest absolute Gasteiger partial charge is 0.228 e. The molecule has 0 radical (unpaired) electrons. The lowest BCUT2D eigenvalue weighted by Gasteiger charge is -2.27. The number of aliphatic hydroxyl groups is 1. The van der Waals surface area contributed by atoms with Crippen LogP contribution in [-0.4, -0.2) is 37.8 Å². The molecule has 2 aliphatic rings. The minimum Gasteiger partial charge on any atom is -0.488 e. The summed E-state index contributed by atoms with van der Waals surface area (Å²) in [7, 11) is 0. The number of amides is 1. The summed E-state index contributed by atoms with van der Waals surface area (Å²) >= 11 is 0. The van der Waals surface area contributed by atoms with E-state index < -0.39 is 0 Å². The Hall–Kier alpha value is -2.93. The van der Waals surface area contributed by atoms with E-state index in [1.165, 1.54) is 0 Å². The van der Waals surface area contributed by atoms with Gasteiger partial charge in [0.25, 0.3) is 0 Å². The first-order valence-corrected chi connectivity index (χ1v) is 10.7. The predicted octanol–water partition coefficient (Wildman–Crippen LogP) is 3.74. The van der Waals surface area contributed by atoms with Crippen LogP contribution in [0.15, 0.2) is 36.7 Å². The number of fused-ring (bicyclic) bond motifs is 1. The van der Waals surface area contributed by atoms with Gasteiger partial charge in [0.1, 0.15) is 11.9 Å². The maximum atomic E-state index is 12.0. The number of ether oxygens (including phenoxy) is 1. The van der Waals surface area contributed by atoms with Gasteiger partial charge < -0.3 is 15.2 Å². The second-order valence-corrected chi connectivity index (χ2v) is 8.46. The van der Waals surface area contributed by atoms with Gasteiger partial charge in [-0.1, -0.05) is 0 Å². The molecule has 2 atom stereocenters. The van der Waals surface area contributed by atoms with Crippen LogP contribution in [0, 0.1) is 12.8 Å². The molecular weight excluding hydrogens is 380 g/mol. The maximum absolute atomic E-state index is 12.0. The van der Waals surface area contributed by atoms with E-state index in [1.54, 1.807) is 10.7 Å². The Morgan fingerprint density at radius 1 is 1.23 bits per heavy atom. The Balaban J connectivity index is 1.43. The number of anilines is 1. The molecule has 0 saturated heterocycles. The van der Waals surface area contributed by atoms with Gasteiger partial charge in [0.15, 0.2) is 5.82 Å². The number of nitrogens with zero attached hydrogens (tertiary/aromatic N) is 3. The van der Waals surface area contributed by atoms with Crippen molar-refractivity contribution in [3.8, 4) is 16.9 Å². The van der Waals surface area contributed by atoms with Gasteiger partial charge in [-0.15, -0.1) is 0 Å². The molecular formula is C23H26N4O3. The molecule has 7 nitrogen and oxygen atoms in total. The van der Waals surface area contributed by atoms with E-state index in [0.717, 1.165) is 60.2 Å². The molecule has 0 spiro atoms. The molecule has 2 N–H and O–H groups in total. The molecule has 0 bridgehead atoms. The van der Waals surface area contributed by atoms with Crippen molar-refractivity contribution in [3.05, 3.63) is 42.4 Å². The summed E-state index contributed by atoms with van der Waals surface area (Å²) in [5.41, 5.74) is 3.77. The molecule has 5 rings (SSSR count). The van der Waals surface area contributed by atoms with Crippen LogP contribution in [0.25, 0.3) is 16.6 Å². The van der Waals surface area contributed by atoms with Crippen molar-refractivity contribution < 1.29 is 14.6 Å². The molecule has 1 unspecified atom stereocenters. The highest BCUT2D eigenvalue weighted by atomic mass is 16.5. The van der Waals surface area contributed by atoms with E-state index in [-0.39, 0.29) is 24.0 Å². The fourth-order valence-corrected chi connectivity index (χ4v) is 4.07. The number of aromatic nitrogens is 3. The van der Waals surface area contributed by atoms with Crippen LogP contribution in [0.5, 0.6) is 5.75 Å². The molecule has 2 saturated carbocycles. The van der Waals surface area contributed by atoms with Crippen molar-refractivity contribution >= 4 is 17.2 Å². The first-order valence-electron chi connectivity index (χ1n) is 10.7. The van der Waals surface area contributed by atoms with Gasteiger partial charge in [-0.2, -0.15) is 5.10 Å². The molecule has 2 aliphatic carbocycles. The van der Waals surface area contributed by atoms with Crippen LogP contribution < -0.4 is 10.1 Å². The van der Waals surface area contributed by atoms with Crippen LogP contribution in [0.1, 0.15) is 44.2 Å². The van der Waals surface area contributed by atoms with Crippen molar-refractivity contribution in [2.24, 2.45) is 5.92 Å². The molecule has 3 aromatic heterocycles. The van der Waals surface area contributed by atoms with Crippen molar-refractivity contribution in [1.29, 1.82) is 0 Å². The summed E-state index contributed by atoms with van der Waals surface area (Å²) in [6.45, 7) is 1.96. The van der Waals surface area contributed by atoms with Gasteiger partial charge in [-0.05, 0) is 62.8 Å². The van der Waals surface area contributed by atoms with E-state index in [4.69, 9.17) is 4.74 Å². The molecule has 7 heteroatoms. The third kappa shape index (κ3) is 4.03. The third-order valence-corrected chi connectivity index (χ3v) is 5.87. The lowest BCUT2D eigenvalue weighted by Crippen LogP contribution is -2.28. The molecule has 156 valence electrons. The fraction of sp³-hybridized carbons (Fsp3) is 0.435. The van der Waals surface area contributed by atoms with E-state index in [2.05, 4.69) is 15.4 Å². The Morgan fingerprint density at radius 3 is 2.90 bits per heavy atom. The van der Waals surface area contributed by atoms with Crippen LogP contribution >= 0.6 is 0 Å². The highest BCUT2D eigenvalue weighted by Gasteiger charge is 2.30. The molecule has 0 aromatic carbocycles. The average Bonchev–Trinajstić information content (AvgIpc) is 3.50. The number of hydrogen-bond donors (Lipinski definition) is 2. The molecule has 0 aliphatic heterocycles. The van der Waals surface area contributed by atoms with Crippen LogP contribution in [-0.2, 0) is 4.79 Å². The van der Waals surface area contributed by atoms with Crippen LogP contribution in [0.2, 0.25) is 0 Å². The van der Waals surface area contributed by atoms with E-state index >= 15 is 0 Å². The van der Waals surface area contributed by atoms with E-state index in [1.807, 2.05) is 37.4 Å². The molecule has 1 amide bonds. The van der Waals surface area contributed by atoms with E-state index in [0.29, 0.717) is 12.2 Å². The molecule has 2 fully saturated rings. The lowest BCUT2D eigenvalue weighted by molar-refractivity contribution is -0.117. The summed E-state index contributed by atoms with van der Waals surface area (Å²) in [6.07, 6.45) is 8.70. The van der Waals surface area contributed by atoms with Gasteiger partial charge in [0.2, 0.25) is 5.91 Å². The highest BCUT2D eigenvalue weighted by Crippen LogP contribution is 2.34. The number of rotatable bonds is 5. The van der Waals surface area contributed by atoms with Gasteiger partial charge >= 0.3 is 0 Å². The van der Waals surface area contributed by atoms with Gasteiger partial charge in [-0.25, -0.2) is 4.52 Å².